The van der Waals surface area contributed by atoms with E-state index in [0.717, 1.165) is 18.5 Å². The van der Waals surface area contributed by atoms with Crippen molar-refractivity contribution in [2.45, 2.75) is 71.1 Å². The van der Waals surface area contributed by atoms with E-state index in [9.17, 15) is 5.11 Å². The molecule has 1 aliphatic heterocycles. The van der Waals surface area contributed by atoms with E-state index in [-0.39, 0.29) is 6.10 Å². The molecule has 0 aromatic heterocycles. The van der Waals surface area contributed by atoms with Crippen LogP contribution in [-0.4, -0.2) is 28.6 Å². The summed E-state index contributed by atoms with van der Waals surface area (Å²) < 4.78 is 0. The minimum Gasteiger partial charge on any atom is -0.387 e. The lowest BCUT2D eigenvalue weighted by Crippen LogP contribution is -2.45. The third-order valence-corrected chi connectivity index (χ3v) is 4.66. The van der Waals surface area contributed by atoms with E-state index in [4.69, 9.17) is 0 Å². The smallest absolute Gasteiger partial charge is 0.0917 e. The molecule has 1 aromatic carbocycles. The maximum Gasteiger partial charge on any atom is 0.0917 e. The lowest BCUT2D eigenvalue weighted by molar-refractivity contribution is 0.0412. The van der Waals surface area contributed by atoms with Crippen molar-refractivity contribution in [1.82, 2.24) is 4.90 Å². The van der Waals surface area contributed by atoms with Gasteiger partial charge in [0, 0.05) is 18.6 Å². The number of aryl methyl sites for hydroxylation is 1. The van der Waals surface area contributed by atoms with Crippen molar-refractivity contribution < 1.29 is 5.11 Å². The summed E-state index contributed by atoms with van der Waals surface area (Å²) in [5.41, 5.74) is 2.41. The summed E-state index contributed by atoms with van der Waals surface area (Å²) >= 11 is 0. The highest BCUT2D eigenvalue weighted by molar-refractivity contribution is 5.24. The topological polar surface area (TPSA) is 23.5 Å². The predicted octanol–water partition coefficient (Wildman–Crippen LogP) is 3.94. The van der Waals surface area contributed by atoms with Crippen LogP contribution in [0.5, 0.6) is 0 Å². The molecule has 1 heterocycles. The Bertz CT molecular complexity index is 390. The zero-order valence-electron chi connectivity index (χ0n) is 13.2. The first kappa shape index (κ1) is 15.5. The molecular formula is C18H29NO. The first-order valence-electron chi connectivity index (χ1n) is 8.14. The Kier molecular flexibility index (Phi) is 5.62. The van der Waals surface area contributed by atoms with Crippen LogP contribution >= 0.6 is 0 Å². The summed E-state index contributed by atoms with van der Waals surface area (Å²) in [5.74, 6) is 0. The number of β-amino-alcohol motifs (C(OH)–C–C–N with tert-alkyl or cyclic N) is 1. The van der Waals surface area contributed by atoms with Gasteiger partial charge in [0.05, 0.1) is 6.10 Å². The maximum absolute atomic E-state index is 10.5. The average Bonchev–Trinajstić information content (AvgIpc) is 2.44. The van der Waals surface area contributed by atoms with E-state index in [0.29, 0.717) is 12.1 Å². The van der Waals surface area contributed by atoms with Gasteiger partial charge in [0.2, 0.25) is 0 Å². The van der Waals surface area contributed by atoms with Gasteiger partial charge in [0.25, 0.3) is 0 Å². The highest BCUT2D eigenvalue weighted by Gasteiger charge is 2.26. The number of benzene rings is 1. The molecule has 2 rings (SSSR count). The molecule has 20 heavy (non-hydrogen) atoms. The fraction of sp³-hybridized carbons (Fsp3) is 0.667. The molecule has 0 aliphatic carbocycles. The second-order valence-corrected chi connectivity index (χ2v) is 6.33. The Morgan fingerprint density at radius 2 is 1.75 bits per heavy atom. The minimum absolute atomic E-state index is 0.367. The fourth-order valence-corrected chi connectivity index (χ4v) is 3.33. The van der Waals surface area contributed by atoms with Crippen molar-refractivity contribution in [2.24, 2.45) is 0 Å². The third kappa shape index (κ3) is 3.83. The van der Waals surface area contributed by atoms with Gasteiger partial charge in [-0.1, -0.05) is 44.0 Å². The Morgan fingerprint density at radius 3 is 2.30 bits per heavy atom. The van der Waals surface area contributed by atoms with Crippen molar-refractivity contribution in [3.05, 3.63) is 35.4 Å². The van der Waals surface area contributed by atoms with Gasteiger partial charge in [0.15, 0.2) is 0 Å². The zero-order chi connectivity index (χ0) is 14.5. The van der Waals surface area contributed by atoms with Crippen molar-refractivity contribution in [3.8, 4) is 0 Å². The second kappa shape index (κ2) is 7.24. The van der Waals surface area contributed by atoms with E-state index in [1.165, 1.54) is 31.2 Å². The van der Waals surface area contributed by atoms with Gasteiger partial charge >= 0.3 is 0 Å². The van der Waals surface area contributed by atoms with Gasteiger partial charge in [-0.25, -0.2) is 0 Å². The molecule has 1 N–H and O–H groups in total. The maximum atomic E-state index is 10.5. The van der Waals surface area contributed by atoms with E-state index < -0.39 is 0 Å². The summed E-state index contributed by atoms with van der Waals surface area (Å²) in [4.78, 5) is 2.47. The number of hydrogen-bond acceptors (Lipinski definition) is 2. The number of nitrogens with zero attached hydrogens (tertiary/aromatic N) is 1. The third-order valence-electron chi connectivity index (χ3n) is 4.66. The van der Waals surface area contributed by atoms with Crippen LogP contribution in [0, 0.1) is 0 Å². The summed E-state index contributed by atoms with van der Waals surface area (Å²) in [6.45, 7) is 7.52. The van der Waals surface area contributed by atoms with Crippen LogP contribution in [0.1, 0.15) is 63.7 Å². The monoisotopic (exact) mass is 275 g/mol. The number of rotatable bonds is 5. The number of piperidine rings is 1. The highest BCUT2D eigenvalue weighted by Crippen LogP contribution is 2.25. The Balaban J connectivity index is 1.98. The molecule has 3 unspecified atom stereocenters. The first-order chi connectivity index (χ1) is 9.61. The number of likely N-dealkylation sites (tertiary alicyclic amines) is 1. The standard InChI is InChI=1S/C18H29NO/c1-4-6-16-9-11-17(12-10-16)18(20)13-19-14(2)7-5-8-15(19)3/h9-12,14-15,18,20H,4-8,13H2,1-3H3. The molecule has 3 atom stereocenters. The number of aliphatic hydroxyl groups excluding tert-OH is 1. The van der Waals surface area contributed by atoms with E-state index in [1.54, 1.807) is 0 Å². The van der Waals surface area contributed by atoms with Crippen molar-refractivity contribution in [1.29, 1.82) is 0 Å². The molecule has 2 heteroatoms. The first-order valence-corrected chi connectivity index (χ1v) is 8.14. The molecule has 2 nitrogen and oxygen atoms in total. The predicted molar refractivity (Wildman–Crippen MR) is 84.9 cm³/mol. The van der Waals surface area contributed by atoms with Crippen LogP contribution in [0.3, 0.4) is 0 Å². The Hall–Kier alpha value is -0.860. The average molecular weight is 275 g/mol. The van der Waals surface area contributed by atoms with Gasteiger partial charge in [-0.15, -0.1) is 0 Å². The fourth-order valence-electron chi connectivity index (χ4n) is 3.33. The number of aliphatic hydroxyl groups is 1. The Labute approximate surface area is 123 Å². The molecule has 0 saturated carbocycles. The van der Waals surface area contributed by atoms with E-state index in [1.807, 2.05) is 0 Å². The van der Waals surface area contributed by atoms with Crippen LogP contribution < -0.4 is 0 Å². The Morgan fingerprint density at radius 1 is 1.15 bits per heavy atom. The quantitative estimate of drug-likeness (QED) is 0.880. The summed E-state index contributed by atoms with van der Waals surface area (Å²) in [6, 6.07) is 9.68. The van der Waals surface area contributed by atoms with Crippen molar-refractivity contribution in [2.75, 3.05) is 6.54 Å². The van der Waals surface area contributed by atoms with Gasteiger partial charge in [-0.2, -0.15) is 0 Å². The van der Waals surface area contributed by atoms with Gasteiger partial charge in [-0.05, 0) is 44.2 Å². The zero-order valence-corrected chi connectivity index (χ0v) is 13.2. The molecule has 1 aromatic rings. The summed E-state index contributed by atoms with van der Waals surface area (Å²) in [5, 5.41) is 10.5. The van der Waals surface area contributed by atoms with Crippen LogP contribution in [0.2, 0.25) is 0 Å². The SMILES string of the molecule is CCCc1ccc(C(O)CN2C(C)CCCC2C)cc1. The molecular weight excluding hydrogens is 246 g/mol. The van der Waals surface area contributed by atoms with Crippen LogP contribution in [0.4, 0.5) is 0 Å². The lowest BCUT2D eigenvalue weighted by Gasteiger charge is -2.40. The molecule has 0 bridgehead atoms. The van der Waals surface area contributed by atoms with Crippen LogP contribution in [0.15, 0.2) is 24.3 Å². The molecule has 1 aliphatic rings. The largest absolute Gasteiger partial charge is 0.387 e. The van der Waals surface area contributed by atoms with Crippen molar-refractivity contribution in [3.63, 3.8) is 0 Å². The van der Waals surface area contributed by atoms with Gasteiger partial charge in [0.1, 0.15) is 0 Å². The molecule has 1 saturated heterocycles. The lowest BCUT2D eigenvalue weighted by atomic mass is 9.96. The number of hydrogen-bond donors (Lipinski definition) is 1. The van der Waals surface area contributed by atoms with Gasteiger partial charge < -0.3 is 5.11 Å². The van der Waals surface area contributed by atoms with E-state index in [2.05, 4.69) is 49.9 Å². The van der Waals surface area contributed by atoms with Gasteiger partial charge in [-0.3, -0.25) is 4.90 Å². The second-order valence-electron chi connectivity index (χ2n) is 6.33. The van der Waals surface area contributed by atoms with Crippen molar-refractivity contribution >= 4 is 0 Å². The molecule has 0 amide bonds. The molecule has 112 valence electrons. The summed E-state index contributed by atoms with van der Waals surface area (Å²) in [7, 11) is 0. The summed E-state index contributed by atoms with van der Waals surface area (Å²) in [6.07, 6.45) is 5.76. The minimum atomic E-state index is -0.367. The molecule has 0 spiro atoms. The highest BCUT2D eigenvalue weighted by atomic mass is 16.3. The normalized spacial score (nSPS) is 25.6. The van der Waals surface area contributed by atoms with E-state index >= 15 is 0 Å². The van der Waals surface area contributed by atoms with Crippen LogP contribution in [-0.2, 0) is 6.42 Å². The van der Waals surface area contributed by atoms with Crippen LogP contribution in [0.25, 0.3) is 0 Å². The molecule has 1 fully saturated rings. The molecule has 0 radical (unpaired) electrons.